The van der Waals surface area contributed by atoms with Gasteiger partial charge in [-0.05, 0) is 12.8 Å². The fraction of sp³-hybridized carbons (Fsp3) is 1.00. The standard InChI is InChI=1S/C9H19NO2/c1-5(2)8-4-7(11)9(10)6(3)12-8/h5-9,11H,4,10H2,1-3H3/t6?,7-,8+,9+/m0/s1. The van der Waals surface area contributed by atoms with Gasteiger partial charge in [-0.25, -0.2) is 0 Å². The van der Waals surface area contributed by atoms with E-state index in [2.05, 4.69) is 13.8 Å². The SMILES string of the molecule is CC1O[C@@H](C(C)C)C[C@H](O)[C@@H]1N. The minimum absolute atomic E-state index is 0.0267. The smallest absolute Gasteiger partial charge is 0.0741 e. The Kier molecular flexibility index (Phi) is 3.09. The first-order valence-electron chi connectivity index (χ1n) is 4.61. The second kappa shape index (κ2) is 3.73. The van der Waals surface area contributed by atoms with Crippen LogP contribution in [0.2, 0.25) is 0 Å². The zero-order chi connectivity index (χ0) is 9.30. The molecule has 0 aliphatic carbocycles. The van der Waals surface area contributed by atoms with E-state index in [-0.39, 0.29) is 18.2 Å². The molecule has 1 aliphatic rings. The van der Waals surface area contributed by atoms with Gasteiger partial charge in [-0.3, -0.25) is 0 Å². The maximum atomic E-state index is 9.56. The van der Waals surface area contributed by atoms with Gasteiger partial charge in [-0.2, -0.15) is 0 Å². The van der Waals surface area contributed by atoms with Crippen molar-refractivity contribution in [3.63, 3.8) is 0 Å². The van der Waals surface area contributed by atoms with Crippen LogP contribution in [0.25, 0.3) is 0 Å². The Morgan fingerprint density at radius 2 is 2.08 bits per heavy atom. The van der Waals surface area contributed by atoms with Gasteiger partial charge in [-0.15, -0.1) is 0 Å². The molecule has 1 rings (SSSR count). The van der Waals surface area contributed by atoms with Crippen LogP contribution in [0.1, 0.15) is 27.2 Å². The van der Waals surface area contributed by atoms with Gasteiger partial charge in [0.05, 0.1) is 24.4 Å². The zero-order valence-corrected chi connectivity index (χ0v) is 8.03. The molecule has 3 N–H and O–H groups in total. The molecule has 0 radical (unpaired) electrons. The molecule has 1 unspecified atom stereocenters. The van der Waals surface area contributed by atoms with Crippen molar-refractivity contribution in [2.24, 2.45) is 11.7 Å². The van der Waals surface area contributed by atoms with Gasteiger partial charge in [0.1, 0.15) is 0 Å². The fourth-order valence-electron chi connectivity index (χ4n) is 1.56. The van der Waals surface area contributed by atoms with Crippen LogP contribution in [-0.2, 0) is 4.74 Å². The van der Waals surface area contributed by atoms with Crippen LogP contribution in [0.4, 0.5) is 0 Å². The highest BCUT2D eigenvalue weighted by Crippen LogP contribution is 2.23. The molecule has 3 heteroatoms. The van der Waals surface area contributed by atoms with E-state index in [4.69, 9.17) is 10.5 Å². The first-order valence-corrected chi connectivity index (χ1v) is 4.61. The third-order valence-corrected chi connectivity index (χ3v) is 2.59. The average Bonchev–Trinajstić information content (AvgIpc) is 1.99. The van der Waals surface area contributed by atoms with Crippen molar-refractivity contribution < 1.29 is 9.84 Å². The first kappa shape index (κ1) is 9.96. The highest BCUT2D eigenvalue weighted by Gasteiger charge is 2.33. The van der Waals surface area contributed by atoms with Crippen LogP contribution in [-0.4, -0.2) is 29.5 Å². The molecule has 1 fully saturated rings. The van der Waals surface area contributed by atoms with Crippen molar-refractivity contribution >= 4 is 0 Å². The number of ether oxygens (including phenoxy) is 1. The molecule has 0 aromatic heterocycles. The Balaban J connectivity index is 2.53. The third-order valence-electron chi connectivity index (χ3n) is 2.59. The highest BCUT2D eigenvalue weighted by molar-refractivity contribution is 4.86. The normalized spacial score (nSPS) is 43.5. The maximum Gasteiger partial charge on any atom is 0.0741 e. The summed E-state index contributed by atoms with van der Waals surface area (Å²) in [4.78, 5) is 0. The lowest BCUT2D eigenvalue weighted by Gasteiger charge is -2.38. The van der Waals surface area contributed by atoms with Crippen molar-refractivity contribution in [3.8, 4) is 0 Å². The molecule has 0 amide bonds. The fourth-order valence-corrected chi connectivity index (χ4v) is 1.56. The van der Waals surface area contributed by atoms with Crippen molar-refractivity contribution in [1.82, 2.24) is 0 Å². The Hall–Kier alpha value is -0.120. The molecule has 0 aromatic carbocycles. The van der Waals surface area contributed by atoms with Crippen molar-refractivity contribution in [3.05, 3.63) is 0 Å². The van der Waals surface area contributed by atoms with Crippen molar-refractivity contribution in [1.29, 1.82) is 0 Å². The molecule has 0 bridgehead atoms. The van der Waals surface area contributed by atoms with Crippen molar-refractivity contribution in [2.75, 3.05) is 0 Å². The highest BCUT2D eigenvalue weighted by atomic mass is 16.5. The molecule has 1 heterocycles. The van der Waals surface area contributed by atoms with E-state index in [0.717, 1.165) is 0 Å². The predicted octanol–water partition coefficient (Wildman–Crippen LogP) is 0.508. The summed E-state index contributed by atoms with van der Waals surface area (Å²) in [5, 5.41) is 9.56. The summed E-state index contributed by atoms with van der Waals surface area (Å²) in [5.74, 6) is 0.453. The molecule has 4 atom stereocenters. The number of aliphatic hydroxyl groups is 1. The average molecular weight is 173 g/mol. The van der Waals surface area contributed by atoms with Crippen LogP contribution >= 0.6 is 0 Å². The summed E-state index contributed by atoms with van der Waals surface area (Å²) in [7, 11) is 0. The van der Waals surface area contributed by atoms with Crippen molar-refractivity contribution in [2.45, 2.75) is 51.5 Å². The number of nitrogens with two attached hydrogens (primary N) is 1. The van der Waals surface area contributed by atoms with Gasteiger partial charge < -0.3 is 15.6 Å². The van der Waals surface area contributed by atoms with Crippen LogP contribution in [0, 0.1) is 5.92 Å². The minimum atomic E-state index is -0.402. The quantitative estimate of drug-likeness (QED) is 0.607. The van der Waals surface area contributed by atoms with Gasteiger partial charge in [0.25, 0.3) is 0 Å². The lowest BCUT2D eigenvalue weighted by molar-refractivity contribution is -0.116. The summed E-state index contributed by atoms with van der Waals surface area (Å²) in [6, 6.07) is -0.222. The van der Waals surface area contributed by atoms with E-state index in [1.807, 2.05) is 6.92 Å². The molecule has 1 saturated heterocycles. The third kappa shape index (κ3) is 1.97. The summed E-state index contributed by atoms with van der Waals surface area (Å²) < 4.78 is 5.65. The second-order valence-corrected chi connectivity index (χ2v) is 4.00. The van der Waals surface area contributed by atoms with Gasteiger partial charge in [-0.1, -0.05) is 13.8 Å². The summed E-state index contributed by atoms with van der Waals surface area (Å²) in [6.45, 7) is 6.12. The molecule has 72 valence electrons. The molecule has 0 aromatic rings. The largest absolute Gasteiger partial charge is 0.391 e. The maximum absolute atomic E-state index is 9.56. The first-order chi connectivity index (χ1) is 5.52. The lowest BCUT2D eigenvalue weighted by Crippen LogP contribution is -2.52. The topological polar surface area (TPSA) is 55.5 Å². The number of rotatable bonds is 1. The number of hydrogen-bond donors (Lipinski definition) is 2. The molecule has 0 spiro atoms. The Labute approximate surface area is 73.9 Å². The lowest BCUT2D eigenvalue weighted by atomic mass is 9.92. The second-order valence-electron chi connectivity index (χ2n) is 4.00. The Morgan fingerprint density at radius 1 is 1.50 bits per heavy atom. The summed E-state index contributed by atoms with van der Waals surface area (Å²) in [5.41, 5.74) is 5.71. The van der Waals surface area contributed by atoms with Crippen LogP contribution < -0.4 is 5.73 Å². The minimum Gasteiger partial charge on any atom is -0.391 e. The van der Waals surface area contributed by atoms with Crippen LogP contribution in [0.5, 0.6) is 0 Å². The Morgan fingerprint density at radius 3 is 2.50 bits per heavy atom. The molecule has 0 saturated carbocycles. The Bertz CT molecular complexity index is 137. The summed E-state index contributed by atoms with van der Waals surface area (Å²) in [6.07, 6.45) is 0.403. The van der Waals surface area contributed by atoms with E-state index >= 15 is 0 Å². The van der Waals surface area contributed by atoms with Gasteiger partial charge in [0.15, 0.2) is 0 Å². The van der Waals surface area contributed by atoms with Gasteiger partial charge in [0, 0.05) is 6.42 Å². The van der Waals surface area contributed by atoms with E-state index in [9.17, 15) is 5.11 Å². The predicted molar refractivity (Wildman–Crippen MR) is 47.8 cm³/mol. The van der Waals surface area contributed by atoms with E-state index in [1.54, 1.807) is 0 Å². The molecule has 12 heavy (non-hydrogen) atoms. The number of aliphatic hydroxyl groups excluding tert-OH is 1. The zero-order valence-electron chi connectivity index (χ0n) is 8.03. The van der Waals surface area contributed by atoms with Crippen LogP contribution in [0.3, 0.4) is 0 Å². The van der Waals surface area contributed by atoms with E-state index in [0.29, 0.717) is 12.3 Å². The molecule has 3 nitrogen and oxygen atoms in total. The summed E-state index contributed by atoms with van der Waals surface area (Å²) >= 11 is 0. The van der Waals surface area contributed by atoms with Gasteiger partial charge in [0.2, 0.25) is 0 Å². The molecular weight excluding hydrogens is 154 g/mol. The monoisotopic (exact) mass is 173 g/mol. The molecule has 1 aliphatic heterocycles. The number of hydrogen-bond acceptors (Lipinski definition) is 3. The van der Waals surface area contributed by atoms with E-state index in [1.165, 1.54) is 0 Å². The van der Waals surface area contributed by atoms with Crippen LogP contribution in [0.15, 0.2) is 0 Å². The molecular formula is C9H19NO2. The van der Waals surface area contributed by atoms with Gasteiger partial charge >= 0.3 is 0 Å². The van der Waals surface area contributed by atoms with E-state index < -0.39 is 6.10 Å².